The van der Waals surface area contributed by atoms with Crippen molar-refractivity contribution in [2.45, 2.75) is 70.3 Å². The van der Waals surface area contributed by atoms with Crippen molar-refractivity contribution in [3.8, 4) is 0 Å². The maximum atomic E-state index is 9.65. The molecule has 1 aromatic heterocycles. The van der Waals surface area contributed by atoms with Crippen molar-refractivity contribution < 1.29 is 5.11 Å². The molecule has 4 nitrogen and oxygen atoms in total. The molecule has 0 spiro atoms. The van der Waals surface area contributed by atoms with Crippen molar-refractivity contribution in [3.05, 3.63) is 17.0 Å². The van der Waals surface area contributed by atoms with E-state index in [1.807, 2.05) is 13.8 Å². The summed E-state index contributed by atoms with van der Waals surface area (Å²) >= 11 is 1.68. The topological polar surface area (TPSA) is 58.0 Å². The zero-order chi connectivity index (χ0) is 16.0. The summed E-state index contributed by atoms with van der Waals surface area (Å²) in [6.07, 6.45) is 1.94. The predicted molar refractivity (Wildman–Crippen MR) is 90.0 cm³/mol. The average Bonchev–Trinajstić information content (AvgIpc) is 2.42. The third-order valence-electron chi connectivity index (χ3n) is 3.81. The SMILES string of the molecule is CCCNC(C)(CO)CC(C)Sc1nc(C)c(C)c(C)n1. The highest BCUT2D eigenvalue weighted by molar-refractivity contribution is 7.99. The van der Waals surface area contributed by atoms with Gasteiger partial charge in [0, 0.05) is 22.2 Å². The zero-order valence-corrected chi connectivity index (χ0v) is 15.0. The zero-order valence-electron chi connectivity index (χ0n) is 14.2. The first-order chi connectivity index (χ1) is 9.81. The van der Waals surface area contributed by atoms with Crippen LogP contribution in [0.4, 0.5) is 0 Å². The van der Waals surface area contributed by atoms with Gasteiger partial charge in [0.2, 0.25) is 0 Å². The molecule has 5 heteroatoms. The number of aliphatic hydroxyl groups is 1. The quantitative estimate of drug-likeness (QED) is 0.571. The molecule has 0 aliphatic heterocycles. The van der Waals surface area contributed by atoms with Gasteiger partial charge in [-0.05, 0) is 52.6 Å². The Balaban J connectivity index is 2.70. The maximum Gasteiger partial charge on any atom is 0.188 e. The summed E-state index contributed by atoms with van der Waals surface area (Å²) in [4.78, 5) is 9.12. The van der Waals surface area contributed by atoms with Gasteiger partial charge in [0.05, 0.1) is 6.61 Å². The number of thioether (sulfide) groups is 1. The van der Waals surface area contributed by atoms with E-state index < -0.39 is 0 Å². The molecule has 0 aromatic carbocycles. The molecule has 0 amide bonds. The lowest BCUT2D eigenvalue weighted by molar-refractivity contribution is 0.166. The van der Waals surface area contributed by atoms with E-state index in [9.17, 15) is 5.11 Å². The van der Waals surface area contributed by atoms with Gasteiger partial charge in [-0.3, -0.25) is 0 Å². The van der Waals surface area contributed by atoms with Crippen LogP contribution in [0.15, 0.2) is 5.16 Å². The standard InChI is InChI=1S/C16H29N3OS/c1-7-8-17-16(6,10-20)9-11(2)21-15-18-13(4)12(3)14(5)19-15/h11,17,20H,7-10H2,1-6H3. The van der Waals surface area contributed by atoms with Crippen LogP contribution in [-0.2, 0) is 0 Å². The smallest absolute Gasteiger partial charge is 0.188 e. The van der Waals surface area contributed by atoms with Crippen LogP contribution in [0.2, 0.25) is 0 Å². The lowest BCUT2D eigenvalue weighted by Crippen LogP contribution is -2.47. The number of rotatable bonds is 8. The van der Waals surface area contributed by atoms with Crippen LogP contribution >= 0.6 is 11.8 Å². The Hall–Kier alpha value is -0.650. The van der Waals surface area contributed by atoms with E-state index in [4.69, 9.17) is 0 Å². The van der Waals surface area contributed by atoms with Gasteiger partial charge in [-0.25, -0.2) is 9.97 Å². The van der Waals surface area contributed by atoms with Crippen LogP contribution in [0.1, 0.15) is 50.6 Å². The molecule has 2 atom stereocenters. The van der Waals surface area contributed by atoms with E-state index in [0.29, 0.717) is 5.25 Å². The minimum Gasteiger partial charge on any atom is -0.394 e. The van der Waals surface area contributed by atoms with Crippen molar-refractivity contribution in [1.82, 2.24) is 15.3 Å². The van der Waals surface area contributed by atoms with Gasteiger partial charge in [-0.15, -0.1) is 0 Å². The first-order valence-electron chi connectivity index (χ1n) is 7.65. The first kappa shape index (κ1) is 18.4. The van der Waals surface area contributed by atoms with E-state index in [1.165, 1.54) is 0 Å². The fourth-order valence-electron chi connectivity index (χ4n) is 2.27. The molecular weight excluding hydrogens is 282 g/mol. The number of aliphatic hydroxyl groups excluding tert-OH is 1. The van der Waals surface area contributed by atoms with Gasteiger partial charge in [0.1, 0.15) is 0 Å². The minimum absolute atomic E-state index is 0.144. The van der Waals surface area contributed by atoms with Crippen LogP contribution in [0, 0.1) is 20.8 Å². The molecule has 0 aliphatic carbocycles. The average molecular weight is 311 g/mol. The molecule has 0 saturated carbocycles. The molecule has 0 bridgehead atoms. The number of aromatic nitrogens is 2. The largest absolute Gasteiger partial charge is 0.394 e. The number of hydrogen-bond acceptors (Lipinski definition) is 5. The van der Waals surface area contributed by atoms with Crippen LogP contribution in [0.5, 0.6) is 0 Å². The Bertz CT molecular complexity index is 444. The third kappa shape index (κ3) is 5.57. The number of nitrogens with zero attached hydrogens (tertiary/aromatic N) is 2. The highest BCUT2D eigenvalue weighted by atomic mass is 32.2. The summed E-state index contributed by atoms with van der Waals surface area (Å²) in [5.41, 5.74) is 3.02. The molecule has 1 rings (SSSR count). The highest BCUT2D eigenvalue weighted by Crippen LogP contribution is 2.27. The molecule has 0 aliphatic rings. The number of nitrogens with one attached hydrogen (secondary N) is 1. The Labute approximate surface area is 133 Å². The molecule has 0 fully saturated rings. The fourth-order valence-corrected chi connectivity index (χ4v) is 3.46. The molecule has 2 N–H and O–H groups in total. The van der Waals surface area contributed by atoms with Gasteiger partial charge in [0.25, 0.3) is 0 Å². The summed E-state index contributed by atoms with van der Waals surface area (Å²) in [7, 11) is 0. The van der Waals surface area contributed by atoms with Gasteiger partial charge < -0.3 is 10.4 Å². The fraction of sp³-hybridized carbons (Fsp3) is 0.750. The molecule has 21 heavy (non-hydrogen) atoms. The minimum atomic E-state index is -0.239. The molecule has 1 heterocycles. The van der Waals surface area contributed by atoms with Gasteiger partial charge in [-0.1, -0.05) is 25.6 Å². The monoisotopic (exact) mass is 311 g/mol. The molecule has 1 aromatic rings. The van der Waals surface area contributed by atoms with Crippen LogP contribution in [0.3, 0.4) is 0 Å². The molecule has 0 saturated heterocycles. The van der Waals surface area contributed by atoms with E-state index in [1.54, 1.807) is 11.8 Å². The van der Waals surface area contributed by atoms with E-state index in [0.717, 1.165) is 41.5 Å². The van der Waals surface area contributed by atoms with Crippen molar-refractivity contribution in [2.24, 2.45) is 0 Å². The molecule has 0 radical (unpaired) electrons. The molecule has 120 valence electrons. The summed E-state index contributed by atoms with van der Waals surface area (Å²) in [6.45, 7) is 13.6. The van der Waals surface area contributed by atoms with Gasteiger partial charge in [0.15, 0.2) is 5.16 Å². The second kappa shape index (κ2) is 8.11. The lowest BCUT2D eigenvalue weighted by atomic mass is 9.97. The second-order valence-electron chi connectivity index (χ2n) is 6.08. The molecular formula is C16H29N3OS. The van der Waals surface area contributed by atoms with Crippen molar-refractivity contribution >= 4 is 11.8 Å². The van der Waals surface area contributed by atoms with Gasteiger partial charge in [-0.2, -0.15) is 0 Å². The van der Waals surface area contributed by atoms with Crippen molar-refractivity contribution in [3.63, 3.8) is 0 Å². The predicted octanol–water partition coefficient (Wildman–Crippen LogP) is 3.02. The number of hydrogen-bond donors (Lipinski definition) is 2. The highest BCUT2D eigenvalue weighted by Gasteiger charge is 2.26. The third-order valence-corrected chi connectivity index (χ3v) is 4.77. The van der Waals surface area contributed by atoms with Crippen LogP contribution in [-0.4, -0.2) is 39.0 Å². The summed E-state index contributed by atoms with van der Waals surface area (Å²) in [5, 5.41) is 14.3. The Morgan fingerprint density at radius 2 is 1.81 bits per heavy atom. The second-order valence-corrected chi connectivity index (χ2v) is 7.49. The van der Waals surface area contributed by atoms with E-state index >= 15 is 0 Å². The summed E-state index contributed by atoms with van der Waals surface area (Å²) in [6, 6.07) is 0. The Morgan fingerprint density at radius 3 is 2.29 bits per heavy atom. The van der Waals surface area contributed by atoms with Crippen LogP contribution < -0.4 is 5.32 Å². The normalized spacial score (nSPS) is 15.8. The number of aryl methyl sites for hydroxylation is 2. The van der Waals surface area contributed by atoms with Gasteiger partial charge >= 0.3 is 0 Å². The maximum absolute atomic E-state index is 9.65. The summed E-state index contributed by atoms with van der Waals surface area (Å²) < 4.78 is 0. The Morgan fingerprint density at radius 1 is 1.24 bits per heavy atom. The van der Waals surface area contributed by atoms with E-state index in [-0.39, 0.29) is 12.1 Å². The van der Waals surface area contributed by atoms with Crippen LogP contribution in [0.25, 0.3) is 0 Å². The summed E-state index contributed by atoms with van der Waals surface area (Å²) in [5.74, 6) is 0. The van der Waals surface area contributed by atoms with E-state index in [2.05, 4.69) is 43.0 Å². The molecule has 2 unspecified atom stereocenters. The van der Waals surface area contributed by atoms with Crippen molar-refractivity contribution in [1.29, 1.82) is 0 Å². The first-order valence-corrected chi connectivity index (χ1v) is 8.53. The Kier molecular flexibility index (Phi) is 7.10. The van der Waals surface area contributed by atoms with Crippen molar-refractivity contribution in [2.75, 3.05) is 13.2 Å². The lowest BCUT2D eigenvalue weighted by Gasteiger charge is -2.31.